The highest BCUT2D eigenvalue weighted by atomic mass is 19.1. The van der Waals surface area contributed by atoms with Crippen LogP contribution in [-0.4, -0.2) is 41.6 Å². The Labute approximate surface area is 141 Å². The van der Waals surface area contributed by atoms with E-state index in [9.17, 15) is 14.0 Å². The smallest absolute Gasteiger partial charge is 0.268 e. The number of nitrogens with zero attached hydrogens (tertiary/aromatic N) is 2. The van der Waals surface area contributed by atoms with Crippen LogP contribution in [0, 0.1) is 5.82 Å². The number of H-pyrrole nitrogens is 1. The van der Waals surface area contributed by atoms with Crippen molar-refractivity contribution in [1.82, 2.24) is 14.9 Å². The molecule has 0 aliphatic carbocycles. The average molecular weight is 338 g/mol. The summed E-state index contributed by atoms with van der Waals surface area (Å²) in [5.41, 5.74) is 1.84. The maximum Gasteiger partial charge on any atom is 0.268 e. The van der Waals surface area contributed by atoms with Gasteiger partial charge in [-0.25, -0.2) is 4.39 Å². The van der Waals surface area contributed by atoms with Crippen LogP contribution in [0.5, 0.6) is 0 Å². The van der Waals surface area contributed by atoms with E-state index in [0.717, 1.165) is 13.1 Å². The predicted molar refractivity (Wildman–Crippen MR) is 92.8 cm³/mol. The average Bonchev–Trinajstić information content (AvgIpc) is 3.20. The zero-order chi connectivity index (χ0) is 17.1. The summed E-state index contributed by atoms with van der Waals surface area (Å²) < 4.78 is 16.1. The molecule has 0 unspecified atom stereocenters. The van der Waals surface area contributed by atoms with Gasteiger partial charge in [0.05, 0.1) is 22.6 Å². The second-order valence-corrected chi connectivity index (χ2v) is 6.36. The number of aromatic nitrogens is 2. The highest BCUT2D eigenvalue weighted by molar-refractivity contribution is 6.10. The van der Waals surface area contributed by atoms with Crippen LogP contribution >= 0.6 is 0 Å². The molecule has 25 heavy (non-hydrogen) atoms. The van der Waals surface area contributed by atoms with Gasteiger partial charge < -0.3 is 15.2 Å². The Balaban J connectivity index is 1.76. The molecule has 0 amide bonds. The lowest BCUT2D eigenvalue weighted by molar-refractivity contribution is 0.0968. The van der Waals surface area contributed by atoms with Crippen molar-refractivity contribution in [2.45, 2.75) is 0 Å². The van der Waals surface area contributed by atoms with Crippen molar-refractivity contribution in [1.29, 1.82) is 0 Å². The van der Waals surface area contributed by atoms with Crippen molar-refractivity contribution in [3.63, 3.8) is 0 Å². The van der Waals surface area contributed by atoms with Crippen molar-refractivity contribution in [2.24, 2.45) is 0 Å². The fourth-order valence-electron chi connectivity index (χ4n) is 3.72. The molecule has 0 spiro atoms. The standard InChI is InChI=1S/C18H15FN4O2/c19-11-8-10-12(9-14(11)22-6-3-20-4-7-22)21-16-13-2-1-5-23(13)18(25)15(16)17(10)24/h1-2,5,8-9,20H,3-4,6-7H2,(H,21,24). The molecule has 0 bridgehead atoms. The number of aromatic amines is 1. The summed E-state index contributed by atoms with van der Waals surface area (Å²) in [6, 6.07) is 6.46. The van der Waals surface area contributed by atoms with Gasteiger partial charge in [0.1, 0.15) is 11.4 Å². The van der Waals surface area contributed by atoms with Crippen LogP contribution in [0.1, 0.15) is 10.4 Å². The predicted octanol–water partition coefficient (Wildman–Crippen LogP) is 1.55. The number of carbonyl (C=O) groups is 1. The Kier molecular flexibility index (Phi) is 2.90. The topological polar surface area (TPSA) is 70.1 Å². The van der Waals surface area contributed by atoms with Gasteiger partial charge in [0, 0.05) is 37.8 Å². The normalized spacial score (nSPS) is 16.4. The van der Waals surface area contributed by atoms with E-state index < -0.39 is 11.2 Å². The van der Waals surface area contributed by atoms with E-state index >= 15 is 0 Å². The van der Waals surface area contributed by atoms with Crippen molar-refractivity contribution < 1.29 is 9.18 Å². The Morgan fingerprint density at radius 1 is 1.12 bits per heavy atom. The van der Waals surface area contributed by atoms with E-state index in [1.54, 1.807) is 24.4 Å². The molecule has 2 aliphatic heterocycles. The summed E-state index contributed by atoms with van der Waals surface area (Å²) in [4.78, 5) is 30.4. The first-order valence-corrected chi connectivity index (χ1v) is 8.23. The summed E-state index contributed by atoms with van der Waals surface area (Å²) in [6.07, 6.45) is 1.63. The van der Waals surface area contributed by atoms with Gasteiger partial charge in [0.2, 0.25) is 5.43 Å². The first-order chi connectivity index (χ1) is 12.1. The van der Waals surface area contributed by atoms with Gasteiger partial charge in [-0.05, 0) is 24.3 Å². The quantitative estimate of drug-likeness (QED) is 0.552. The molecule has 1 saturated heterocycles. The van der Waals surface area contributed by atoms with Gasteiger partial charge in [-0.3, -0.25) is 14.2 Å². The van der Waals surface area contributed by atoms with Crippen molar-refractivity contribution >= 4 is 22.5 Å². The van der Waals surface area contributed by atoms with Crippen LogP contribution in [-0.2, 0) is 0 Å². The number of rotatable bonds is 1. The Bertz CT molecular complexity index is 1090. The number of hydrogen-bond acceptors (Lipinski definition) is 4. The molecule has 5 rings (SSSR count). The lowest BCUT2D eigenvalue weighted by Gasteiger charge is -2.29. The van der Waals surface area contributed by atoms with E-state index in [2.05, 4.69) is 10.3 Å². The lowest BCUT2D eigenvalue weighted by Crippen LogP contribution is -2.43. The SMILES string of the molecule is O=C1c2c([nH]c3cc(N4CCNCC4)c(F)cc3c2=O)-c2cccn21. The van der Waals surface area contributed by atoms with Gasteiger partial charge in [-0.15, -0.1) is 0 Å². The largest absolute Gasteiger partial charge is 0.367 e. The minimum absolute atomic E-state index is 0.0809. The number of fused-ring (bicyclic) bond motifs is 4. The second kappa shape index (κ2) is 5.03. The Morgan fingerprint density at radius 3 is 2.72 bits per heavy atom. The van der Waals surface area contributed by atoms with Crippen LogP contribution in [0.15, 0.2) is 35.3 Å². The number of anilines is 1. The number of hydrogen-bond donors (Lipinski definition) is 2. The zero-order valence-corrected chi connectivity index (χ0v) is 13.3. The van der Waals surface area contributed by atoms with E-state index in [1.165, 1.54) is 10.6 Å². The minimum atomic E-state index is -0.440. The molecule has 0 saturated carbocycles. The third kappa shape index (κ3) is 1.93. The first kappa shape index (κ1) is 14.4. The molecular weight excluding hydrogens is 323 g/mol. The van der Waals surface area contributed by atoms with Crippen LogP contribution in [0.3, 0.4) is 0 Å². The number of carbonyl (C=O) groups excluding carboxylic acids is 1. The van der Waals surface area contributed by atoms with Crippen molar-refractivity contribution in [3.8, 4) is 11.4 Å². The van der Waals surface area contributed by atoms with Crippen LogP contribution in [0.2, 0.25) is 0 Å². The Morgan fingerprint density at radius 2 is 1.92 bits per heavy atom. The highest BCUT2D eigenvalue weighted by Gasteiger charge is 2.31. The number of piperazine rings is 1. The molecule has 2 N–H and O–H groups in total. The molecule has 1 aromatic carbocycles. The van der Waals surface area contributed by atoms with Gasteiger partial charge in [0.25, 0.3) is 5.91 Å². The first-order valence-electron chi connectivity index (χ1n) is 8.23. The fourth-order valence-corrected chi connectivity index (χ4v) is 3.72. The Hall–Kier alpha value is -2.93. The minimum Gasteiger partial charge on any atom is -0.367 e. The van der Waals surface area contributed by atoms with Crippen LogP contribution < -0.4 is 15.6 Å². The maximum absolute atomic E-state index is 14.6. The number of pyridine rings is 1. The molecule has 7 heteroatoms. The molecule has 1 fully saturated rings. The van der Waals surface area contributed by atoms with E-state index in [-0.39, 0.29) is 16.9 Å². The molecule has 3 aromatic rings. The maximum atomic E-state index is 14.6. The third-order valence-electron chi connectivity index (χ3n) is 4.96. The monoisotopic (exact) mass is 338 g/mol. The summed E-state index contributed by atoms with van der Waals surface area (Å²) in [5.74, 6) is -0.811. The molecule has 126 valence electrons. The number of nitrogens with one attached hydrogen (secondary N) is 2. The molecule has 2 aromatic heterocycles. The summed E-state index contributed by atoms with van der Waals surface area (Å²) in [5, 5.41) is 3.44. The van der Waals surface area contributed by atoms with E-state index in [0.29, 0.717) is 35.7 Å². The van der Waals surface area contributed by atoms with Crippen LogP contribution in [0.4, 0.5) is 10.1 Å². The number of halogens is 1. The third-order valence-corrected chi connectivity index (χ3v) is 4.96. The lowest BCUT2D eigenvalue weighted by atomic mass is 10.1. The molecule has 4 heterocycles. The summed E-state index contributed by atoms with van der Waals surface area (Å²) >= 11 is 0. The molecule has 0 atom stereocenters. The molecular formula is C18H15FN4O2. The fraction of sp³-hybridized carbons (Fsp3) is 0.222. The molecule has 0 radical (unpaired) electrons. The van der Waals surface area contributed by atoms with E-state index in [1.807, 2.05) is 4.90 Å². The zero-order valence-electron chi connectivity index (χ0n) is 13.3. The van der Waals surface area contributed by atoms with Crippen molar-refractivity contribution in [3.05, 3.63) is 52.1 Å². The molecule has 6 nitrogen and oxygen atoms in total. The summed E-state index contributed by atoms with van der Waals surface area (Å²) in [6.45, 7) is 3.00. The van der Waals surface area contributed by atoms with Crippen LogP contribution in [0.25, 0.3) is 22.3 Å². The van der Waals surface area contributed by atoms with Crippen molar-refractivity contribution in [2.75, 3.05) is 31.1 Å². The van der Waals surface area contributed by atoms with Gasteiger partial charge >= 0.3 is 0 Å². The number of benzene rings is 1. The second-order valence-electron chi connectivity index (χ2n) is 6.36. The summed E-state index contributed by atoms with van der Waals surface area (Å²) in [7, 11) is 0. The molecule has 2 aliphatic rings. The van der Waals surface area contributed by atoms with Gasteiger partial charge in [-0.1, -0.05) is 0 Å². The van der Waals surface area contributed by atoms with E-state index in [4.69, 9.17) is 0 Å². The van der Waals surface area contributed by atoms with Gasteiger partial charge in [-0.2, -0.15) is 0 Å². The highest BCUT2D eigenvalue weighted by Crippen LogP contribution is 2.32. The van der Waals surface area contributed by atoms with Gasteiger partial charge in [0.15, 0.2) is 0 Å².